The molecule has 0 aliphatic rings. The first-order valence-electron chi connectivity index (χ1n) is 5.55. The Kier molecular flexibility index (Phi) is 12.6. The Bertz CT molecular complexity index is 126. The van der Waals surface area contributed by atoms with Gasteiger partial charge >= 0.3 is 0 Å². The van der Waals surface area contributed by atoms with Crippen LogP contribution in [-0.2, 0) is 4.74 Å². The maximum absolute atomic E-state index is 9.27. The lowest BCUT2D eigenvalue weighted by Gasteiger charge is -2.20. The molecule has 0 fully saturated rings. The van der Waals surface area contributed by atoms with Crippen LogP contribution < -0.4 is 5.73 Å². The second-order valence-electron chi connectivity index (χ2n) is 3.64. The normalized spacial score (nSPS) is 13.0. The number of hydrogen-bond acceptors (Lipinski definition) is 4. The average molecular weight is 237 g/mol. The molecule has 0 aliphatic carbocycles. The minimum Gasteiger partial charge on any atom is -0.366 e. The predicted molar refractivity (Wildman–Crippen MR) is 69.1 cm³/mol. The molecule has 0 amide bonds. The van der Waals surface area contributed by atoms with Crippen LogP contribution in [0.4, 0.5) is 0 Å². The third kappa shape index (κ3) is 14.2. The minimum absolute atomic E-state index is 0.498. The van der Waals surface area contributed by atoms with Gasteiger partial charge in [0.05, 0.1) is 6.61 Å². The van der Waals surface area contributed by atoms with Gasteiger partial charge < -0.3 is 15.6 Å². The summed E-state index contributed by atoms with van der Waals surface area (Å²) in [5.74, 6) is 0.543. The topological polar surface area (TPSA) is 55.5 Å². The highest BCUT2D eigenvalue weighted by atomic mass is 32.2. The SMILES string of the molecule is CC.CSCC(CN)CCOC(C)(C)O. The van der Waals surface area contributed by atoms with Gasteiger partial charge in [-0.05, 0) is 44.7 Å². The third-order valence-electron chi connectivity index (χ3n) is 1.72. The Morgan fingerprint density at radius 1 is 1.40 bits per heavy atom. The highest BCUT2D eigenvalue weighted by Crippen LogP contribution is 2.11. The van der Waals surface area contributed by atoms with Crippen LogP contribution in [0.25, 0.3) is 0 Å². The monoisotopic (exact) mass is 237 g/mol. The van der Waals surface area contributed by atoms with Gasteiger partial charge in [-0.1, -0.05) is 13.8 Å². The van der Waals surface area contributed by atoms with Crippen LogP contribution in [0.1, 0.15) is 34.1 Å². The summed E-state index contributed by atoms with van der Waals surface area (Å²) in [5.41, 5.74) is 5.58. The largest absolute Gasteiger partial charge is 0.366 e. The van der Waals surface area contributed by atoms with Crippen LogP contribution in [0.5, 0.6) is 0 Å². The van der Waals surface area contributed by atoms with Crippen molar-refractivity contribution in [1.29, 1.82) is 0 Å². The second kappa shape index (κ2) is 10.7. The number of aliphatic hydroxyl groups is 1. The van der Waals surface area contributed by atoms with E-state index in [0.717, 1.165) is 12.2 Å². The molecule has 1 unspecified atom stereocenters. The fourth-order valence-corrected chi connectivity index (χ4v) is 1.75. The van der Waals surface area contributed by atoms with Crippen molar-refractivity contribution in [1.82, 2.24) is 0 Å². The maximum atomic E-state index is 9.27. The van der Waals surface area contributed by atoms with Gasteiger partial charge in [-0.25, -0.2) is 0 Å². The van der Waals surface area contributed by atoms with Crippen LogP contribution in [0.15, 0.2) is 0 Å². The van der Waals surface area contributed by atoms with E-state index in [1.165, 1.54) is 0 Å². The molecule has 94 valence electrons. The van der Waals surface area contributed by atoms with Gasteiger partial charge in [0.1, 0.15) is 0 Å². The molecular weight excluding hydrogens is 210 g/mol. The van der Waals surface area contributed by atoms with Gasteiger partial charge in [0.25, 0.3) is 0 Å². The zero-order chi connectivity index (χ0) is 12.3. The van der Waals surface area contributed by atoms with Crippen LogP contribution in [0.2, 0.25) is 0 Å². The van der Waals surface area contributed by atoms with Crippen molar-refractivity contribution in [3.05, 3.63) is 0 Å². The molecule has 0 heterocycles. The summed E-state index contributed by atoms with van der Waals surface area (Å²) in [6.07, 6.45) is 2.99. The standard InChI is InChI=1S/C9H21NO2S.C2H6/c1-9(2,11)12-5-4-8(6-10)7-13-3;1-2/h8,11H,4-7,10H2,1-3H3;1-2H3. The zero-order valence-corrected chi connectivity index (χ0v) is 11.6. The average Bonchev–Trinajstić information content (AvgIpc) is 2.18. The van der Waals surface area contributed by atoms with Gasteiger partial charge in [-0.2, -0.15) is 11.8 Å². The Hall–Kier alpha value is 0.230. The number of thioether (sulfide) groups is 1. The Labute approximate surface area is 98.8 Å². The summed E-state index contributed by atoms with van der Waals surface area (Å²) in [7, 11) is 0. The molecule has 15 heavy (non-hydrogen) atoms. The van der Waals surface area contributed by atoms with Crippen molar-refractivity contribution >= 4 is 11.8 Å². The van der Waals surface area contributed by atoms with Crippen LogP contribution in [-0.4, -0.2) is 36.1 Å². The fraction of sp³-hybridized carbons (Fsp3) is 1.00. The minimum atomic E-state index is -1.02. The first-order valence-corrected chi connectivity index (χ1v) is 6.94. The smallest absolute Gasteiger partial charge is 0.159 e. The van der Waals surface area contributed by atoms with Gasteiger partial charge in [0.2, 0.25) is 0 Å². The molecule has 4 heteroatoms. The number of ether oxygens (including phenoxy) is 1. The molecule has 3 nitrogen and oxygen atoms in total. The number of rotatable bonds is 7. The van der Waals surface area contributed by atoms with Crippen LogP contribution in [0, 0.1) is 5.92 Å². The van der Waals surface area contributed by atoms with Crippen molar-refractivity contribution in [3.63, 3.8) is 0 Å². The van der Waals surface area contributed by atoms with Gasteiger partial charge in [-0.15, -0.1) is 0 Å². The van der Waals surface area contributed by atoms with E-state index in [9.17, 15) is 5.11 Å². The van der Waals surface area contributed by atoms with E-state index in [1.807, 2.05) is 13.8 Å². The molecule has 1 atom stereocenters. The highest BCUT2D eigenvalue weighted by molar-refractivity contribution is 7.98. The summed E-state index contributed by atoms with van der Waals surface area (Å²) in [5, 5.41) is 9.27. The molecule has 0 aromatic rings. The summed E-state index contributed by atoms with van der Waals surface area (Å²) in [6.45, 7) is 8.54. The van der Waals surface area contributed by atoms with Crippen molar-refractivity contribution in [3.8, 4) is 0 Å². The van der Waals surface area contributed by atoms with E-state index < -0.39 is 5.79 Å². The van der Waals surface area contributed by atoms with E-state index in [2.05, 4.69) is 6.26 Å². The molecular formula is C11H27NO2S. The van der Waals surface area contributed by atoms with Crippen LogP contribution in [0.3, 0.4) is 0 Å². The summed E-state index contributed by atoms with van der Waals surface area (Å²) < 4.78 is 5.20. The molecule has 0 spiro atoms. The van der Waals surface area contributed by atoms with E-state index in [4.69, 9.17) is 10.5 Å². The van der Waals surface area contributed by atoms with Gasteiger partial charge in [-0.3, -0.25) is 0 Å². The zero-order valence-electron chi connectivity index (χ0n) is 10.7. The lowest BCUT2D eigenvalue weighted by atomic mass is 10.1. The highest BCUT2D eigenvalue weighted by Gasteiger charge is 2.13. The molecule has 3 N–H and O–H groups in total. The fourth-order valence-electron chi connectivity index (χ4n) is 0.980. The Morgan fingerprint density at radius 3 is 2.27 bits per heavy atom. The first-order chi connectivity index (χ1) is 6.99. The third-order valence-corrected chi connectivity index (χ3v) is 2.52. The molecule has 0 aliphatic heterocycles. The first kappa shape index (κ1) is 17.6. The van der Waals surface area contributed by atoms with Crippen molar-refractivity contribution < 1.29 is 9.84 Å². The molecule has 0 saturated heterocycles. The Morgan fingerprint density at radius 2 is 1.93 bits per heavy atom. The predicted octanol–water partition coefficient (Wildman–Crippen LogP) is 2.09. The van der Waals surface area contributed by atoms with Crippen molar-refractivity contribution in [2.45, 2.75) is 39.9 Å². The van der Waals surface area contributed by atoms with E-state index in [1.54, 1.807) is 25.6 Å². The number of hydrogen-bond donors (Lipinski definition) is 2. The number of nitrogens with two attached hydrogens (primary N) is 1. The quantitative estimate of drug-likeness (QED) is 0.666. The molecule has 0 rings (SSSR count). The molecule has 0 bridgehead atoms. The Balaban J connectivity index is 0. The lowest BCUT2D eigenvalue weighted by molar-refractivity contribution is -0.177. The summed E-state index contributed by atoms with van der Waals surface area (Å²) >= 11 is 1.79. The molecule has 0 saturated carbocycles. The van der Waals surface area contributed by atoms with E-state index in [-0.39, 0.29) is 0 Å². The van der Waals surface area contributed by atoms with Crippen molar-refractivity contribution in [2.75, 3.05) is 25.2 Å². The van der Waals surface area contributed by atoms with Crippen LogP contribution >= 0.6 is 11.8 Å². The lowest BCUT2D eigenvalue weighted by Crippen LogP contribution is -2.26. The molecule has 0 aromatic heterocycles. The van der Waals surface area contributed by atoms with Gasteiger partial charge in [0, 0.05) is 0 Å². The summed E-state index contributed by atoms with van der Waals surface area (Å²) in [4.78, 5) is 0. The van der Waals surface area contributed by atoms with E-state index >= 15 is 0 Å². The second-order valence-corrected chi connectivity index (χ2v) is 4.55. The maximum Gasteiger partial charge on any atom is 0.159 e. The molecule has 0 aromatic carbocycles. The van der Waals surface area contributed by atoms with Gasteiger partial charge in [0.15, 0.2) is 5.79 Å². The molecule has 0 radical (unpaired) electrons. The van der Waals surface area contributed by atoms with E-state index in [0.29, 0.717) is 19.1 Å². The summed E-state index contributed by atoms with van der Waals surface area (Å²) in [6, 6.07) is 0. The van der Waals surface area contributed by atoms with Crippen molar-refractivity contribution in [2.24, 2.45) is 11.7 Å².